The molecule has 3 heterocycles. The largest absolute Gasteiger partial charge is 0.393 e. The highest BCUT2D eigenvalue weighted by Gasteiger charge is 2.51. The number of halogens is 3. The second kappa shape index (κ2) is 6.43. The molecule has 1 fully saturated rings. The summed E-state index contributed by atoms with van der Waals surface area (Å²) in [5.41, 5.74) is 1.59. The lowest BCUT2D eigenvalue weighted by atomic mass is 9.94. The van der Waals surface area contributed by atoms with Crippen LogP contribution in [-0.2, 0) is 11.2 Å². The van der Waals surface area contributed by atoms with Crippen LogP contribution in [0.15, 0.2) is 30.6 Å². The summed E-state index contributed by atoms with van der Waals surface area (Å²) in [7, 11) is 1.60. The molecule has 1 amide bonds. The molecule has 0 aromatic carbocycles. The van der Waals surface area contributed by atoms with Crippen LogP contribution in [0.1, 0.15) is 5.69 Å². The molecule has 0 radical (unpaired) electrons. The third kappa shape index (κ3) is 3.53. The average Bonchev–Trinajstić information content (AvgIpc) is 3.09. The number of likely N-dealkylation sites (tertiary alicyclic amines) is 1. The molecule has 130 valence electrons. The van der Waals surface area contributed by atoms with E-state index in [1.807, 2.05) is 35.0 Å². The van der Waals surface area contributed by atoms with Gasteiger partial charge in [0.15, 0.2) is 0 Å². The minimum Gasteiger partial charge on any atom is -0.355 e. The number of amides is 1. The van der Waals surface area contributed by atoms with Crippen LogP contribution in [0, 0.1) is 11.8 Å². The van der Waals surface area contributed by atoms with Crippen molar-refractivity contribution in [2.45, 2.75) is 12.6 Å². The Labute approximate surface area is 137 Å². The van der Waals surface area contributed by atoms with Gasteiger partial charge >= 0.3 is 6.18 Å². The lowest BCUT2D eigenvalue weighted by molar-refractivity contribution is -0.183. The van der Waals surface area contributed by atoms with Crippen molar-refractivity contribution in [1.29, 1.82) is 0 Å². The van der Waals surface area contributed by atoms with Crippen molar-refractivity contribution < 1.29 is 18.0 Å². The molecule has 0 saturated carbocycles. The van der Waals surface area contributed by atoms with Crippen molar-refractivity contribution in [2.24, 2.45) is 11.8 Å². The van der Waals surface area contributed by atoms with Gasteiger partial charge in [0, 0.05) is 38.4 Å². The topological polar surface area (TPSA) is 49.6 Å². The monoisotopic (exact) mass is 340 g/mol. The number of nitrogens with zero attached hydrogens (tertiary/aromatic N) is 3. The highest BCUT2D eigenvalue weighted by Crippen LogP contribution is 2.37. The van der Waals surface area contributed by atoms with E-state index in [1.165, 1.54) is 0 Å². The first-order valence-corrected chi connectivity index (χ1v) is 7.80. The number of rotatable bonds is 4. The van der Waals surface area contributed by atoms with Crippen molar-refractivity contribution in [3.05, 3.63) is 36.3 Å². The smallest absolute Gasteiger partial charge is 0.355 e. The van der Waals surface area contributed by atoms with E-state index in [-0.39, 0.29) is 19.6 Å². The van der Waals surface area contributed by atoms with Crippen LogP contribution < -0.4 is 5.32 Å². The summed E-state index contributed by atoms with van der Waals surface area (Å²) in [5, 5.41) is 2.63. The van der Waals surface area contributed by atoms with E-state index >= 15 is 0 Å². The number of hydrogen-bond acceptors (Lipinski definition) is 3. The number of hydrogen-bond donors (Lipinski definition) is 1. The second-order valence-electron chi connectivity index (χ2n) is 6.22. The number of imidazole rings is 1. The molecule has 3 rings (SSSR count). The van der Waals surface area contributed by atoms with Crippen molar-refractivity contribution in [3.8, 4) is 0 Å². The fraction of sp³-hybridized carbons (Fsp3) is 0.500. The molecule has 2 atom stereocenters. The van der Waals surface area contributed by atoms with Crippen LogP contribution in [0.4, 0.5) is 13.2 Å². The second-order valence-corrected chi connectivity index (χ2v) is 6.22. The lowest BCUT2D eigenvalue weighted by Gasteiger charge is -2.20. The summed E-state index contributed by atoms with van der Waals surface area (Å²) >= 11 is 0. The molecular formula is C16H19F3N4O. The maximum atomic E-state index is 13.0. The summed E-state index contributed by atoms with van der Waals surface area (Å²) in [5.74, 6) is -3.18. The van der Waals surface area contributed by atoms with Crippen LogP contribution in [0.25, 0.3) is 5.65 Å². The first-order valence-electron chi connectivity index (χ1n) is 7.80. The van der Waals surface area contributed by atoms with Crippen LogP contribution in [0.5, 0.6) is 0 Å². The SMILES string of the molecule is CN1C[C@@H](C(F)(F)F)[C@H](C(=O)NCCc2cn3ccccc3n2)C1. The number of carbonyl (C=O) groups excluding carboxylic acids is 1. The number of carbonyl (C=O) groups is 1. The number of alkyl halides is 3. The van der Waals surface area contributed by atoms with Crippen molar-refractivity contribution in [1.82, 2.24) is 19.6 Å². The minimum absolute atomic E-state index is 0.129. The molecule has 0 unspecified atom stereocenters. The van der Waals surface area contributed by atoms with Gasteiger partial charge in [-0.05, 0) is 19.2 Å². The Morgan fingerprint density at radius 2 is 2.17 bits per heavy atom. The standard InChI is InChI=1S/C16H19F3N4O/c1-22-9-12(13(10-22)16(17,18)19)15(24)20-6-5-11-8-23-7-3-2-4-14(23)21-11/h2-4,7-8,12-13H,5-6,9-10H2,1H3,(H,20,24)/t12-,13-/m1/s1. The Morgan fingerprint density at radius 1 is 1.38 bits per heavy atom. The van der Waals surface area contributed by atoms with Crippen LogP contribution in [0.3, 0.4) is 0 Å². The van der Waals surface area contributed by atoms with Gasteiger partial charge in [0.2, 0.25) is 5.91 Å². The van der Waals surface area contributed by atoms with Gasteiger partial charge in [0.05, 0.1) is 17.5 Å². The zero-order valence-electron chi connectivity index (χ0n) is 13.3. The van der Waals surface area contributed by atoms with Gasteiger partial charge < -0.3 is 14.6 Å². The Kier molecular flexibility index (Phi) is 4.49. The van der Waals surface area contributed by atoms with E-state index in [9.17, 15) is 18.0 Å². The lowest BCUT2D eigenvalue weighted by Crippen LogP contribution is -2.40. The van der Waals surface area contributed by atoms with Crippen molar-refractivity contribution in [2.75, 3.05) is 26.7 Å². The third-order valence-electron chi connectivity index (χ3n) is 4.35. The summed E-state index contributed by atoms with van der Waals surface area (Å²) in [4.78, 5) is 18.1. The van der Waals surface area contributed by atoms with Crippen LogP contribution >= 0.6 is 0 Å². The molecule has 1 N–H and O–H groups in total. The molecule has 0 aliphatic carbocycles. The molecular weight excluding hydrogens is 321 g/mol. The Morgan fingerprint density at radius 3 is 2.88 bits per heavy atom. The summed E-state index contributed by atoms with van der Waals surface area (Å²) < 4.78 is 41.0. The molecule has 1 saturated heterocycles. The van der Waals surface area contributed by atoms with E-state index in [1.54, 1.807) is 11.9 Å². The molecule has 0 bridgehead atoms. The Hall–Kier alpha value is -2.09. The van der Waals surface area contributed by atoms with Crippen molar-refractivity contribution in [3.63, 3.8) is 0 Å². The molecule has 24 heavy (non-hydrogen) atoms. The summed E-state index contributed by atoms with van der Waals surface area (Å²) in [6.07, 6.45) is -0.156. The van der Waals surface area contributed by atoms with Gasteiger partial charge in [-0.15, -0.1) is 0 Å². The fourth-order valence-electron chi connectivity index (χ4n) is 3.15. The van der Waals surface area contributed by atoms with E-state index < -0.39 is 23.9 Å². The molecule has 1 aliphatic heterocycles. The van der Waals surface area contributed by atoms with Crippen LogP contribution in [-0.4, -0.2) is 53.1 Å². The average molecular weight is 340 g/mol. The van der Waals surface area contributed by atoms with Crippen LogP contribution in [0.2, 0.25) is 0 Å². The maximum Gasteiger partial charge on any atom is 0.393 e. The molecule has 2 aromatic rings. The van der Waals surface area contributed by atoms with E-state index in [0.29, 0.717) is 6.42 Å². The van der Waals surface area contributed by atoms with Crippen molar-refractivity contribution >= 4 is 11.6 Å². The first-order chi connectivity index (χ1) is 11.3. The zero-order valence-corrected chi connectivity index (χ0v) is 13.3. The fourth-order valence-corrected chi connectivity index (χ4v) is 3.15. The number of pyridine rings is 1. The van der Waals surface area contributed by atoms with E-state index in [0.717, 1.165) is 11.3 Å². The van der Waals surface area contributed by atoms with Gasteiger partial charge in [-0.25, -0.2) is 4.98 Å². The number of nitrogens with one attached hydrogen (secondary N) is 1. The quantitative estimate of drug-likeness (QED) is 0.922. The van der Waals surface area contributed by atoms with Gasteiger partial charge in [-0.3, -0.25) is 4.79 Å². The van der Waals surface area contributed by atoms with Gasteiger partial charge in [-0.1, -0.05) is 6.07 Å². The molecule has 0 spiro atoms. The number of fused-ring (bicyclic) bond motifs is 1. The highest BCUT2D eigenvalue weighted by atomic mass is 19.4. The minimum atomic E-state index is -4.35. The summed E-state index contributed by atoms with van der Waals surface area (Å²) in [6, 6.07) is 5.63. The predicted molar refractivity (Wildman–Crippen MR) is 82.4 cm³/mol. The zero-order chi connectivity index (χ0) is 17.3. The highest BCUT2D eigenvalue weighted by molar-refractivity contribution is 5.79. The van der Waals surface area contributed by atoms with E-state index in [4.69, 9.17) is 0 Å². The van der Waals surface area contributed by atoms with Gasteiger partial charge in [0.1, 0.15) is 5.65 Å². The molecule has 1 aliphatic rings. The molecule has 2 aromatic heterocycles. The third-order valence-corrected chi connectivity index (χ3v) is 4.35. The Balaban J connectivity index is 1.57. The van der Waals surface area contributed by atoms with Gasteiger partial charge in [-0.2, -0.15) is 13.2 Å². The van der Waals surface area contributed by atoms with E-state index in [2.05, 4.69) is 10.3 Å². The van der Waals surface area contributed by atoms with Gasteiger partial charge in [0.25, 0.3) is 0 Å². The normalized spacial score (nSPS) is 22.2. The molecule has 5 nitrogen and oxygen atoms in total. The number of aromatic nitrogens is 2. The Bertz CT molecular complexity index is 694. The first kappa shape index (κ1) is 16.8. The predicted octanol–water partition coefficient (Wildman–Crippen LogP) is 1.73. The maximum absolute atomic E-state index is 13.0. The summed E-state index contributed by atoms with van der Waals surface area (Å²) in [6.45, 7) is 0.270. The molecule has 8 heteroatoms.